The predicted octanol–water partition coefficient (Wildman–Crippen LogP) is 3.67. The van der Waals surface area contributed by atoms with E-state index >= 15 is 0 Å². The number of rotatable bonds is 3. The largest absolute Gasteiger partial charge is 0.493 e. The Morgan fingerprint density at radius 1 is 1.39 bits per heavy atom. The van der Waals surface area contributed by atoms with Crippen molar-refractivity contribution in [1.29, 1.82) is 0 Å². The van der Waals surface area contributed by atoms with Crippen molar-refractivity contribution in [1.82, 2.24) is 0 Å². The van der Waals surface area contributed by atoms with Crippen LogP contribution in [0.5, 0.6) is 5.75 Å². The second kappa shape index (κ2) is 4.48. The van der Waals surface area contributed by atoms with Crippen molar-refractivity contribution in [2.75, 3.05) is 13.7 Å². The molecule has 2 aromatic rings. The molecule has 2 rings (SSSR count). The van der Waals surface area contributed by atoms with Crippen LogP contribution in [0.4, 0.5) is 0 Å². The van der Waals surface area contributed by atoms with Gasteiger partial charge >= 0.3 is 0 Å². The number of aliphatic hydroxyl groups excluding tert-OH is 1. The fourth-order valence-electron chi connectivity index (χ4n) is 1.99. The van der Waals surface area contributed by atoms with Gasteiger partial charge in [-0.05, 0) is 24.6 Å². The highest BCUT2D eigenvalue weighted by Gasteiger charge is 2.26. The van der Waals surface area contributed by atoms with Crippen LogP contribution >= 0.6 is 11.6 Å². The molecular weight excluding hydrogens is 252 g/mol. The van der Waals surface area contributed by atoms with Gasteiger partial charge < -0.3 is 14.3 Å². The van der Waals surface area contributed by atoms with E-state index in [-0.39, 0.29) is 6.61 Å². The molecule has 0 radical (unpaired) electrons. The molecule has 1 aromatic carbocycles. The van der Waals surface area contributed by atoms with Gasteiger partial charge in [0.15, 0.2) is 11.3 Å². The number of furan rings is 1. The van der Waals surface area contributed by atoms with Gasteiger partial charge in [0.25, 0.3) is 0 Å². The Balaban J connectivity index is 2.80. The summed E-state index contributed by atoms with van der Waals surface area (Å²) >= 11 is 6.42. The quantitative estimate of drug-likeness (QED) is 0.923. The van der Waals surface area contributed by atoms with Crippen molar-refractivity contribution in [3.8, 4) is 5.75 Å². The molecule has 0 saturated heterocycles. The number of hydrogen-bond donors (Lipinski definition) is 1. The molecule has 0 unspecified atom stereocenters. The topological polar surface area (TPSA) is 42.6 Å². The van der Waals surface area contributed by atoms with Crippen LogP contribution in [-0.2, 0) is 5.41 Å². The summed E-state index contributed by atoms with van der Waals surface area (Å²) in [6.07, 6.45) is 0. The maximum atomic E-state index is 9.49. The minimum absolute atomic E-state index is 0.0121. The normalized spacial score (nSPS) is 12.1. The minimum Gasteiger partial charge on any atom is -0.493 e. The van der Waals surface area contributed by atoms with Crippen LogP contribution in [0.15, 0.2) is 16.5 Å². The van der Waals surface area contributed by atoms with Crippen molar-refractivity contribution < 1.29 is 14.3 Å². The van der Waals surface area contributed by atoms with E-state index in [0.717, 1.165) is 16.7 Å². The first kappa shape index (κ1) is 13.2. The van der Waals surface area contributed by atoms with Crippen LogP contribution in [0.1, 0.15) is 25.2 Å². The Hall–Kier alpha value is -1.19. The molecule has 18 heavy (non-hydrogen) atoms. The second-order valence-electron chi connectivity index (χ2n) is 5.08. The lowest BCUT2D eigenvalue weighted by atomic mass is 9.85. The highest BCUT2D eigenvalue weighted by molar-refractivity contribution is 6.36. The monoisotopic (exact) mass is 268 g/mol. The molecule has 0 aliphatic rings. The Labute approximate surface area is 111 Å². The van der Waals surface area contributed by atoms with Crippen LogP contribution in [0.3, 0.4) is 0 Å². The highest BCUT2D eigenvalue weighted by Crippen LogP contribution is 2.41. The van der Waals surface area contributed by atoms with Crippen LogP contribution in [0, 0.1) is 6.92 Å². The SMILES string of the molecule is COc1cc(C(C)(C)CO)c(Cl)c2cc(C)oc12. The summed E-state index contributed by atoms with van der Waals surface area (Å²) in [7, 11) is 1.59. The molecular formula is C14H17ClO3. The minimum atomic E-state index is -0.427. The lowest BCUT2D eigenvalue weighted by Gasteiger charge is -2.24. The summed E-state index contributed by atoms with van der Waals surface area (Å²) in [6.45, 7) is 5.75. The maximum Gasteiger partial charge on any atom is 0.177 e. The molecule has 0 amide bonds. The third kappa shape index (κ3) is 1.98. The van der Waals surface area contributed by atoms with Gasteiger partial charge in [-0.25, -0.2) is 0 Å². The van der Waals surface area contributed by atoms with E-state index in [1.165, 1.54) is 0 Å². The Bertz CT molecular complexity index is 584. The average Bonchev–Trinajstić information content (AvgIpc) is 2.72. The van der Waals surface area contributed by atoms with Crippen LogP contribution in [-0.4, -0.2) is 18.8 Å². The maximum absolute atomic E-state index is 9.49. The third-order valence-corrected chi connectivity index (χ3v) is 3.58. The number of methoxy groups -OCH3 is 1. The van der Waals surface area contributed by atoms with Gasteiger partial charge in [-0.15, -0.1) is 0 Å². The first-order valence-electron chi connectivity index (χ1n) is 5.78. The van der Waals surface area contributed by atoms with Gasteiger partial charge in [0.2, 0.25) is 0 Å². The average molecular weight is 269 g/mol. The van der Waals surface area contributed by atoms with E-state index in [1.54, 1.807) is 7.11 Å². The number of aliphatic hydroxyl groups is 1. The summed E-state index contributed by atoms with van der Waals surface area (Å²) in [6, 6.07) is 3.72. The summed E-state index contributed by atoms with van der Waals surface area (Å²) in [4.78, 5) is 0. The molecule has 98 valence electrons. The highest BCUT2D eigenvalue weighted by atomic mass is 35.5. The molecule has 0 atom stereocenters. The molecule has 0 aliphatic heterocycles. The molecule has 3 nitrogen and oxygen atoms in total. The van der Waals surface area contributed by atoms with Crippen molar-refractivity contribution in [3.63, 3.8) is 0 Å². The number of halogens is 1. The van der Waals surface area contributed by atoms with Crippen LogP contribution in [0.25, 0.3) is 11.0 Å². The zero-order chi connectivity index (χ0) is 13.5. The summed E-state index contributed by atoms with van der Waals surface area (Å²) < 4.78 is 10.9. The van der Waals surface area contributed by atoms with Crippen molar-refractivity contribution in [2.45, 2.75) is 26.2 Å². The van der Waals surface area contributed by atoms with E-state index in [4.69, 9.17) is 20.8 Å². The molecule has 0 saturated carbocycles. The van der Waals surface area contributed by atoms with Gasteiger partial charge in [-0.3, -0.25) is 0 Å². The molecule has 1 N–H and O–H groups in total. The van der Waals surface area contributed by atoms with E-state index in [0.29, 0.717) is 16.4 Å². The Morgan fingerprint density at radius 2 is 2.06 bits per heavy atom. The lowest BCUT2D eigenvalue weighted by molar-refractivity contribution is 0.218. The van der Waals surface area contributed by atoms with E-state index in [1.807, 2.05) is 32.9 Å². The van der Waals surface area contributed by atoms with E-state index in [2.05, 4.69) is 0 Å². The predicted molar refractivity (Wildman–Crippen MR) is 72.6 cm³/mol. The van der Waals surface area contributed by atoms with E-state index < -0.39 is 5.41 Å². The molecule has 1 heterocycles. The van der Waals surface area contributed by atoms with Crippen molar-refractivity contribution in [3.05, 3.63) is 28.5 Å². The summed E-state index contributed by atoms with van der Waals surface area (Å²) in [5, 5.41) is 10.9. The molecule has 0 spiro atoms. The first-order chi connectivity index (χ1) is 8.40. The van der Waals surface area contributed by atoms with Gasteiger partial charge in [0.1, 0.15) is 5.76 Å². The molecule has 0 fully saturated rings. The zero-order valence-corrected chi connectivity index (χ0v) is 11.8. The number of benzene rings is 1. The first-order valence-corrected chi connectivity index (χ1v) is 6.16. The second-order valence-corrected chi connectivity index (χ2v) is 5.46. The molecule has 4 heteroatoms. The van der Waals surface area contributed by atoms with Gasteiger partial charge in [-0.1, -0.05) is 25.4 Å². The number of ether oxygens (including phenoxy) is 1. The van der Waals surface area contributed by atoms with E-state index in [9.17, 15) is 5.11 Å². The molecule has 0 aliphatic carbocycles. The molecule has 0 bridgehead atoms. The van der Waals surface area contributed by atoms with Crippen LogP contribution in [0.2, 0.25) is 5.02 Å². The Morgan fingerprint density at radius 3 is 2.61 bits per heavy atom. The smallest absolute Gasteiger partial charge is 0.177 e. The number of aryl methyl sites for hydroxylation is 1. The lowest BCUT2D eigenvalue weighted by Crippen LogP contribution is -2.22. The summed E-state index contributed by atoms with van der Waals surface area (Å²) in [5.74, 6) is 1.42. The van der Waals surface area contributed by atoms with Crippen molar-refractivity contribution in [2.24, 2.45) is 0 Å². The fourth-order valence-corrected chi connectivity index (χ4v) is 2.45. The standard InChI is InChI=1S/C14H17ClO3/c1-8-5-9-12(15)10(14(2,3)7-16)6-11(17-4)13(9)18-8/h5-6,16H,7H2,1-4H3. The van der Waals surface area contributed by atoms with Gasteiger partial charge in [-0.2, -0.15) is 0 Å². The third-order valence-electron chi connectivity index (χ3n) is 3.17. The number of fused-ring (bicyclic) bond motifs is 1. The fraction of sp³-hybridized carbons (Fsp3) is 0.429. The Kier molecular flexibility index (Phi) is 3.30. The van der Waals surface area contributed by atoms with Crippen molar-refractivity contribution >= 4 is 22.6 Å². The zero-order valence-electron chi connectivity index (χ0n) is 11.0. The molecule has 1 aromatic heterocycles. The summed E-state index contributed by atoms with van der Waals surface area (Å²) in [5.41, 5.74) is 1.08. The van der Waals surface area contributed by atoms with Crippen LogP contribution < -0.4 is 4.74 Å². The van der Waals surface area contributed by atoms with Gasteiger partial charge in [0, 0.05) is 10.8 Å². The van der Waals surface area contributed by atoms with Gasteiger partial charge in [0.05, 0.1) is 18.7 Å². The number of hydrogen-bond acceptors (Lipinski definition) is 3.